The van der Waals surface area contributed by atoms with Crippen LogP contribution in [0.2, 0.25) is 0 Å². The van der Waals surface area contributed by atoms with Crippen molar-refractivity contribution in [3.8, 4) is 11.8 Å². The van der Waals surface area contributed by atoms with Gasteiger partial charge in [0.2, 0.25) is 0 Å². The summed E-state index contributed by atoms with van der Waals surface area (Å²) in [5.41, 5.74) is 1.65. The zero-order chi connectivity index (χ0) is 14.5. The van der Waals surface area contributed by atoms with E-state index in [0.717, 1.165) is 24.0 Å². The molecule has 0 spiro atoms. The first kappa shape index (κ1) is 14.1. The van der Waals surface area contributed by atoms with Crippen LogP contribution in [0.25, 0.3) is 11.0 Å². The third-order valence-electron chi connectivity index (χ3n) is 3.62. The molecule has 2 heterocycles. The first-order valence-electron chi connectivity index (χ1n) is 7.62. The minimum Gasteiger partial charge on any atom is -0.474 e. The number of aromatic nitrogens is 2. The summed E-state index contributed by atoms with van der Waals surface area (Å²) in [6.45, 7) is 4.15. The van der Waals surface area contributed by atoms with Crippen LogP contribution in [-0.2, 0) is 0 Å². The van der Waals surface area contributed by atoms with Crippen LogP contribution in [0.5, 0.6) is 11.8 Å². The van der Waals surface area contributed by atoms with Crippen LogP contribution in [0, 0.1) is 0 Å². The van der Waals surface area contributed by atoms with E-state index in [0.29, 0.717) is 31.0 Å². The molecule has 1 fully saturated rings. The highest BCUT2D eigenvalue weighted by atomic mass is 16.5. The molecule has 5 heteroatoms. The fourth-order valence-electron chi connectivity index (χ4n) is 2.54. The first-order valence-corrected chi connectivity index (χ1v) is 7.62. The van der Waals surface area contributed by atoms with Gasteiger partial charge in [-0.2, -0.15) is 0 Å². The minimum atomic E-state index is 0.390. The maximum absolute atomic E-state index is 5.88. The molecule has 1 aliphatic rings. The molecule has 1 atom stereocenters. The van der Waals surface area contributed by atoms with Gasteiger partial charge in [-0.25, -0.2) is 9.97 Å². The second-order valence-corrected chi connectivity index (χ2v) is 5.21. The maximum atomic E-state index is 5.88. The Morgan fingerprint density at radius 3 is 2.43 bits per heavy atom. The number of nitrogens with one attached hydrogen (secondary N) is 1. The van der Waals surface area contributed by atoms with Crippen molar-refractivity contribution < 1.29 is 9.47 Å². The zero-order valence-electron chi connectivity index (χ0n) is 12.3. The number of ether oxygens (including phenoxy) is 2. The van der Waals surface area contributed by atoms with Crippen LogP contribution in [0.3, 0.4) is 0 Å². The molecule has 0 bridgehead atoms. The first-order chi connectivity index (χ1) is 10.4. The Kier molecular flexibility index (Phi) is 4.50. The lowest BCUT2D eigenvalue weighted by Crippen LogP contribution is -2.38. The lowest BCUT2D eigenvalue weighted by molar-refractivity contribution is 0.215. The van der Waals surface area contributed by atoms with Crippen LogP contribution >= 0.6 is 0 Å². The predicted molar refractivity (Wildman–Crippen MR) is 81.8 cm³/mol. The Hall–Kier alpha value is -1.88. The topological polar surface area (TPSA) is 56.3 Å². The van der Waals surface area contributed by atoms with Gasteiger partial charge >= 0.3 is 0 Å². The van der Waals surface area contributed by atoms with Gasteiger partial charge in [0.25, 0.3) is 11.8 Å². The van der Waals surface area contributed by atoms with E-state index in [1.165, 1.54) is 12.8 Å². The molecule has 21 heavy (non-hydrogen) atoms. The average Bonchev–Trinajstić information content (AvgIpc) is 2.54. The second kappa shape index (κ2) is 6.72. The highest BCUT2D eigenvalue weighted by Crippen LogP contribution is 2.26. The molecule has 5 nitrogen and oxygen atoms in total. The van der Waals surface area contributed by atoms with Crippen molar-refractivity contribution in [1.29, 1.82) is 0 Å². The fraction of sp³-hybridized carbons (Fsp3) is 0.500. The largest absolute Gasteiger partial charge is 0.474 e. The lowest BCUT2D eigenvalue weighted by Gasteiger charge is -2.23. The number of rotatable bonds is 5. The zero-order valence-corrected chi connectivity index (χ0v) is 12.3. The summed E-state index contributed by atoms with van der Waals surface area (Å²) in [7, 11) is 0. The van der Waals surface area contributed by atoms with Crippen molar-refractivity contribution in [2.75, 3.05) is 19.8 Å². The number of benzene rings is 1. The molecule has 0 radical (unpaired) electrons. The molecule has 0 aliphatic carbocycles. The quantitative estimate of drug-likeness (QED) is 0.916. The van der Waals surface area contributed by atoms with Crippen molar-refractivity contribution in [2.24, 2.45) is 0 Å². The van der Waals surface area contributed by atoms with Crippen molar-refractivity contribution in [1.82, 2.24) is 15.3 Å². The molecular formula is C16H21N3O2. The fourth-order valence-corrected chi connectivity index (χ4v) is 2.54. The summed E-state index contributed by atoms with van der Waals surface area (Å²) in [4.78, 5) is 9.04. The second-order valence-electron chi connectivity index (χ2n) is 5.21. The molecule has 1 unspecified atom stereocenters. The number of fused-ring (bicyclic) bond motifs is 1. The summed E-state index contributed by atoms with van der Waals surface area (Å²) in [6, 6.07) is 8.14. The van der Waals surface area contributed by atoms with Crippen molar-refractivity contribution in [3.05, 3.63) is 24.3 Å². The molecule has 3 rings (SSSR count). The molecule has 1 aromatic heterocycles. The highest BCUT2D eigenvalue weighted by Gasteiger charge is 2.16. The van der Waals surface area contributed by atoms with E-state index < -0.39 is 0 Å². The van der Waals surface area contributed by atoms with Crippen LogP contribution in [-0.4, -0.2) is 35.8 Å². The van der Waals surface area contributed by atoms with Crippen molar-refractivity contribution >= 4 is 11.0 Å². The van der Waals surface area contributed by atoms with Crippen molar-refractivity contribution in [3.63, 3.8) is 0 Å². The van der Waals surface area contributed by atoms with Gasteiger partial charge in [0.05, 0.1) is 17.6 Å². The molecule has 1 saturated heterocycles. The van der Waals surface area contributed by atoms with Gasteiger partial charge in [0.15, 0.2) is 0 Å². The van der Waals surface area contributed by atoms with Gasteiger partial charge in [0, 0.05) is 6.04 Å². The van der Waals surface area contributed by atoms with E-state index in [4.69, 9.17) is 9.47 Å². The summed E-state index contributed by atoms with van der Waals surface area (Å²) in [5.74, 6) is 0.968. The Morgan fingerprint density at radius 1 is 1.10 bits per heavy atom. The molecule has 0 amide bonds. The standard InChI is InChI=1S/C16H21N3O2/c1-2-20-15-16(21-11-12-7-5-6-10-17-12)19-14-9-4-3-8-13(14)18-15/h3-4,8-9,12,17H,2,5-7,10-11H2,1H3. The van der Waals surface area contributed by atoms with Crippen LogP contribution < -0.4 is 14.8 Å². The molecule has 2 aromatic rings. The third kappa shape index (κ3) is 3.42. The Balaban J connectivity index is 1.79. The minimum absolute atomic E-state index is 0.390. The van der Waals surface area contributed by atoms with E-state index in [9.17, 15) is 0 Å². The van der Waals surface area contributed by atoms with Crippen LogP contribution in [0.15, 0.2) is 24.3 Å². The normalized spacial score (nSPS) is 18.6. The molecule has 112 valence electrons. The Morgan fingerprint density at radius 2 is 1.81 bits per heavy atom. The van der Waals surface area contributed by atoms with Crippen molar-refractivity contribution in [2.45, 2.75) is 32.2 Å². The summed E-state index contributed by atoms with van der Waals surface area (Å²) in [6.07, 6.45) is 3.64. The molecule has 1 aromatic carbocycles. The van der Waals surface area contributed by atoms with E-state index in [1.807, 2.05) is 31.2 Å². The SMILES string of the molecule is CCOc1nc2ccccc2nc1OCC1CCCCN1. The van der Waals surface area contributed by atoms with E-state index in [1.54, 1.807) is 0 Å². The number of hydrogen-bond acceptors (Lipinski definition) is 5. The molecule has 1 N–H and O–H groups in total. The number of piperidine rings is 1. The van der Waals surface area contributed by atoms with Gasteiger partial charge < -0.3 is 14.8 Å². The predicted octanol–water partition coefficient (Wildman–Crippen LogP) is 2.55. The Labute approximate surface area is 124 Å². The summed E-state index contributed by atoms with van der Waals surface area (Å²) >= 11 is 0. The van der Waals surface area contributed by atoms with Gasteiger partial charge in [0.1, 0.15) is 6.61 Å². The van der Waals surface area contributed by atoms with Crippen LogP contribution in [0.1, 0.15) is 26.2 Å². The van der Waals surface area contributed by atoms with E-state index in [2.05, 4.69) is 15.3 Å². The van der Waals surface area contributed by atoms with Gasteiger partial charge in [-0.1, -0.05) is 18.6 Å². The molecule has 0 saturated carbocycles. The van der Waals surface area contributed by atoms with Gasteiger partial charge in [-0.3, -0.25) is 0 Å². The molecular weight excluding hydrogens is 266 g/mol. The van der Waals surface area contributed by atoms with E-state index >= 15 is 0 Å². The lowest BCUT2D eigenvalue weighted by atomic mass is 10.1. The van der Waals surface area contributed by atoms with Crippen LogP contribution in [0.4, 0.5) is 0 Å². The molecule has 1 aliphatic heterocycles. The third-order valence-corrected chi connectivity index (χ3v) is 3.62. The number of hydrogen-bond donors (Lipinski definition) is 1. The monoisotopic (exact) mass is 287 g/mol. The summed E-state index contributed by atoms with van der Waals surface area (Å²) < 4.78 is 11.4. The van der Waals surface area contributed by atoms with Gasteiger partial charge in [-0.05, 0) is 38.4 Å². The number of nitrogens with zero attached hydrogens (tertiary/aromatic N) is 2. The smallest absolute Gasteiger partial charge is 0.278 e. The van der Waals surface area contributed by atoms with Gasteiger partial charge in [-0.15, -0.1) is 0 Å². The Bertz CT molecular complexity index is 597. The highest BCUT2D eigenvalue weighted by molar-refractivity contribution is 5.75. The number of para-hydroxylation sites is 2. The maximum Gasteiger partial charge on any atom is 0.278 e. The van der Waals surface area contributed by atoms with E-state index in [-0.39, 0.29) is 0 Å². The average molecular weight is 287 g/mol. The summed E-state index contributed by atoms with van der Waals surface area (Å²) in [5, 5.41) is 3.46.